The molecule has 0 aliphatic heterocycles. The Morgan fingerprint density at radius 3 is 2.40 bits per heavy atom. The third kappa shape index (κ3) is 2.28. The van der Waals surface area contributed by atoms with Crippen molar-refractivity contribution >= 4 is 5.95 Å². The van der Waals surface area contributed by atoms with Crippen LogP contribution in [0.1, 0.15) is 32.3 Å². The molecule has 1 aromatic rings. The normalized spacial score (nSPS) is 17.9. The molecule has 1 aliphatic rings. The smallest absolute Gasteiger partial charge is 0.222 e. The maximum atomic E-state index is 4.25. The van der Waals surface area contributed by atoms with Crippen molar-refractivity contribution in [2.24, 2.45) is 11.3 Å². The van der Waals surface area contributed by atoms with E-state index in [2.05, 4.69) is 29.1 Å². The fourth-order valence-electron chi connectivity index (χ4n) is 1.86. The van der Waals surface area contributed by atoms with Crippen molar-refractivity contribution in [2.75, 3.05) is 11.9 Å². The Bertz CT molecular complexity index is 325. The molecule has 0 spiro atoms. The van der Waals surface area contributed by atoms with Crippen LogP contribution >= 0.6 is 0 Å². The van der Waals surface area contributed by atoms with E-state index >= 15 is 0 Å². The van der Waals surface area contributed by atoms with Gasteiger partial charge in [0.15, 0.2) is 0 Å². The minimum Gasteiger partial charge on any atom is -0.354 e. The van der Waals surface area contributed by atoms with E-state index in [1.807, 2.05) is 19.3 Å². The average Bonchev–Trinajstić information content (AvgIpc) is 2.98. The summed E-state index contributed by atoms with van der Waals surface area (Å²) in [7, 11) is 0. The van der Waals surface area contributed by atoms with E-state index in [4.69, 9.17) is 0 Å². The summed E-state index contributed by atoms with van der Waals surface area (Å²) in [4.78, 5) is 8.49. The van der Waals surface area contributed by atoms with Crippen LogP contribution in [-0.2, 0) is 0 Å². The first-order valence-corrected chi connectivity index (χ1v) is 5.65. The molecule has 1 aliphatic carbocycles. The molecule has 0 atom stereocenters. The Hall–Kier alpha value is -1.12. The molecule has 0 saturated heterocycles. The summed E-state index contributed by atoms with van der Waals surface area (Å²) in [5, 5.41) is 3.33. The van der Waals surface area contributed by atoms with E-state index < -0.39 is 0 Å². The van der Waals surface area contributed by atoms with Gasteiger partial charge in [0.05, 0.1) is 0 Å². The fourth-order valence-corrected chi connectivity index (χ4v) is 1.86. The molecule has 82 valence electrons. The molecule has 1 fully saturated rings. The summed E-state index contributed by atoms with van der Waals surface area (Å²) in [5.41, 5.74) is 1.61. The summed E-state index contributed by atoms with van der Waals surface area (Å²) in [5.74, 6) is 1.50. The number of anilines is 1. The predicted octanol–water partition coefficient (Wildman–Crippen LogP) is 2.63. The molecular formula is C12H19N3. The molecular weight excluding hydrogens is 186 g/mol. The van der Waals surface area contributed by atoms with Crippen LogP contribution in [-0.4, -0.2) is 16.5 Å². The van der Waals surface area contributed by atoms with E-state index in [0.717, 1.165) is 24.0 Å². The van der Waals surface area contributed by atoms with Gasteiger partial charge in [0.1, 0.15) is 0 Å². The van der Waals surface area contributed by atoms with Crippen molar-refractivity contribution in [1.82, 2.24) is 9.97 Å². The molecule has 3 heteroatoms. The lowest BCUT2D eigenvalue weighted by Gasteiger charge is -2.19. The van der Waals surface area contributed by atoms with Gasteiger partial charge in [0, 0.05) is 18.9 Å². The van der Waals surface area contributed by atoms with Gasteiger partial charge in [-0.3, -0.25) is 0 Å². The first kappa shape index (κ1) is 10.4. The molecule has 1 aromatic heterocycles. The minimum atomic E-state index is 0.508. The summed E-state index contributed by atoms with van der Waals surface area (Å²) in [6, 6.07) is 0. The monoisotopic (exact) mass is 205 g/mol. The third-order valence-corrected chi connectivity index (χ3v) is 3.50. The van der Waals surface area contributed by atoms with Gasteiger partial charge < -0.3 is 5.32 Å². The van der Waals surface area contributed by atoms with Crippen molar-refractivity contribution in [3.05, 3.63) is 18.0 Å². The largest absolute Gasteiger partial charge is 0.354 e. The van der Waals surface area contributed by atoms with E-state index in [1.54, 1.807) is 0 Å². The Morgan fingerprint density at radius 2 is 1.93 bits per heavy atom. The molecule has 1 N–H and O–H groups in total. The van der Waals surface area contributed by atoms with Gasteiger partial charge in [-0.25, -0.2) is 9.97 Å². The van der Waals surface area contributed by atoms with Gasteiger partial charge in [0.2, 0.25) is 5.95 Å². The Labute approximate surface area is 91.3 Å². The van der Waals surface area contributed by atoms with Crippen molar-refractivity contribution in [1.29, 1.82) is 0 Å². The molecule has 0 unspecified atom stereocenters. The van der Waals surface area contributed by atoms with Gasteiger partial charge >= 0.3 is 0 Å². The second kappa shape index (κ2) is 3.80. The van der Waals surface area contributed by atoms with Crippen molar-refractivity contribution in [2.45, 2.75) is 33.6 Å². The summed E-state index contributed by atoms with van der Waals surface area (Å²) in [6.07, 6.45) is 6.38. The number of hydrogen-bond acceptors (Lipinski definition) is 3. The second-order valence-electron chi connectivity index (χ2n) is 4.95. The van der Waals surface area contributed by atoms with Crippen LogP contribution in [0.25, 0.3) is 0 Å². The summed E-state index contributed by atoms with van der Waals surface area (Å²) < 4.78 is 0. The minimum absolute atomic E-state index is 0.508. The van der Waals surface area contributed by atoms with Crippen LogP contribution in [0.5, 0.6) is 0 Å². The zero-order chi connectivity index (χ0) is 10.9. The van der Waals surface area contributed by atoms with Crippen LogP contribution < -0.4 is 5.32 Å². The van der Waals surface area contributed by atoms with E-state index in [1.165, 1.54) is 12.8 Å². The Balaban J connectivity index is 1.91. The van der Waals surface area contributed by atoms with Crippen molar-refractivity contribution < 1.29 is 0 Å². The van der Waals surface area contributed by atoms with Crippen molar-refractivity contribution in [3.8, 4) is 0 Å². The average molecular weight is 205 g/mol. The topological polar surface area (TPSA) is 37.8 Å². The number of aryl methyl sites for hydroxylation is 1. The molecule has 15 heavy (non-hydrogen) atoms. The fraction of sp³-hybridized carbons (Fsp3) is 0.667. The number of aromatic nitrogens is 2. The number of hydrogen-bond donors (Lipinski definition) is 1. The maximum Gasteiger partial charge on any atom is 0.222 e. The standard InChI is InChI=1S/C12H19N3/c1-9(2)12(4-5-12)8-15-11-13-6-10(3)7-14-11/h6-7,9H,4-5,8H2,1-3H3,(H,13,14,15). The molecule has 0 radical (unpaired) electrons. The van der Waals surface area contributed by atoms with Crippen molar-refractivity contribution in [3.63, 3.8) is 0 Å². The van der Waals surface area contributed by atoms with Crippen LogP contribution in [0, 0.1) is 18.3 Å². The highest BCUT2D eigenvalue weighted by Crippen LogP contribution is 2.51. The number of rotatable bonds is 4. The molecule has 2 rings (SSSR count). The van der Waals surface area contributed by atoms with Gasteiger partial charge in [-0.1, -0.05) is 13.8 Å². The zero-order valence-electron chi connectivity index (χ0n) is 9.75. The maximum absolute atomic E-state index is 4.25. The SMILES string of the molecule is Cc1cnc(NCC2(C(C)C)CC2)nc1. The van der Waals surface area contributed by atoms with E-state index in [9.17, 15) is 0 Å². The third-order valence-electron chi connectivity index (χ3n) is 3.50. The second-order valence-corrected chi connectivity index (χ2v) is 4.95. The van der Waals surface area contributed by atoms with Gasteiger partial charge in [-0.15, -0.1) is 0 Å². The first-order valence-electron chi connectivity index (χ1n) is 5.65. The number of nitrogens with zero attached hydrogens (tertiary/aromatic N) is 2. The summed E-state index contributed by atoms with van der Waals surface area (Å²) in [6.45, 7) is 7.60. The Kier molecular flexibility index (Phi) is 2.63. The number of nitrogens with one attached hydrogen (secondary N) is 1. The lowest BCUT2D eigenvalue weighted by atomic mass is 9.92. The molecule has 0 amide bonds. The molecule has 0 bridgehead atoms. The van der Waals surface area contributed by atoms with Gasteiger partial charge in [-0.05, 0) is 36.7 Å². The van der Waals surface area contributed by atoms with Gasteiger partial charge in [0.25, 0.3) is 0 Å². The van der Waals surface area contributed by atoms with E-state index in [0.29, 0.717) is 5.41 Å². The lowest BCUT2D eigenvalue weighted by molar-refractivity contribution is 0.379. The summed E-state index contributed by atoms with van der Waals surface area (Å²) >= 11 is 0. The highest BCUT2D eigenvalue weighted by Gasteiger charge is 2.44. The van der Waals surface area contributed by atoms with Crippen LogP contribution in [0.15, 0.2) is 12.4 Å². The highest BCUT2D eigenvalue weighted by atomic mass is 15.1. The van der Waals surface area contributed by atoms with Crippen LogP contribution in [0.4, 0.5) is 5.95 Å². The predicted molar refractivity (Wildman–Crippen MR) is 61.8 cm³/mol. The molecule has 3 nitrogen and oxygen atoms in total. The first-order chi connectivity index (χ1) is 7.12. The highest BCUT2D eigenvalue weighted by molar-refractivity contribution is 5.25. The molecule has 1 saturated carbocycles. The van der Waals surface area contributed by atoms with E-state index in [-0.39, 0.29) is 0 Å². The van der Waals surface area contributed by atoms with Crippen LogP contribution in [0.3, 0.4) is 0 Å². The zero-order valence-corrected chi connectivity index (χ0v) is 9.75. The molecule has 1 heterocycles. The quantitative estimate of drug-likeness (QED) is 0.821. The lowest BCUT2D eigenvalue weighted by Crippen LogP contribution is -2.21. The Morgan fingerprint density at radius 1 is 1.33 bits per heavy atom. The molecule has 0 aromatic carbocycles. The van der Waals surface area contributed by atoms with Crippen LogP contribution in [0.2, 0.25) is 0 Å². The van der Waals surface area contributed by atoms with Gasteiger partial charge in [-0.2, -0.15) is 0 Å².